The number of thioether (sulfide) groups is 1. The van der Waals surface area contributed by atoms with E-state index in [2.05, 4.69) is 9.44 Å². The highest BCUT2D eigenvalue weighted by molar-refractivity contribution is 8.14. The molecule has 0 bridgehead atoms. The van der Waals surface area contributed by atoms with Crippen LogP contribution >= 0.6 is 11.8 Å². The Kier molecular flexibility index (Phi) is 8.17. The van der Waals surface area contributed by atoms with Crippen molar-refractivity contribution in [1.82, 2.24) is 0 Å². The number of aliphatic hydroxyl groups is 4. The van der Waals surface area contributed by atoms with Gasteiger partial charge in [-0.1, -0.05) is 30.3 Å². The molecule has 10 nitrogen and oxygen atoms in total. The molecule has 0 aromatic heterocycles. The van der Waals surface area contributed by atoms with Crippen molar-refractivity contribution >= 4 is 27.2 Å². The fraction of sp³-hybridized carbons (Fsp3) is 0.909. The first-order valence-corrected chi connectivity index (χ1v) is 9.14. The average molecular weight is 375 g/mol. The maximum atomic E-state index is 10.6. The molecule has 0 unspecified atom stereocenters. The van der Waals surface area contributed by atoms with Gasteiger partial charge in [-0.2, -0.15) is 8.42 Å². The van der Waals surface area contributed by atoms with Crippen LogP contribution in [0, 0.1) is 0 Å². The number of oxime groups is 1. The van der Waals surface area contributed by atoms with E-state index in [1.54, 1.807) is 0 Å². The van der Waals surface area contributed by atoms with Gasteiger partial charge < -0.3 is 25.2 Å². The summed E-state index contributed by atoms with van der Waals surface area (Å²) in [7, 11) is -4.77. The molecule has 0 spiro atoms. The Balaban J connectivity index is 2.84. The Morgan fingerprint density at radius 3 is 2.43 bits per heavy atom. The highest BCUT2D eigenvalue weighted by Crippen LogP contribution is 2.30. The number of ether oxygens (including phenoxy) is 1. The topological polar surface area (TPSA) is 166 Å². The second kappa shape index (κ2) is 9.13. The van der Waals surface area contributed by atoms with Gasteiger partial charge in [-0.3, -0.25) is 4.55 Å². The van der Waals surface area contributed by atoms with Gasteiger partial charge in [0.05, 0.1) is 6.61 Å². The van der Waals surface area contributed by atoms with E-state index in [1.807, 2.05) is 6.92 Å². The fourth-order valence-electron chi connectivity index (χ4n) is 1.84. The van der Waals surface area contributed by atoms with Crippen molar-refractivity contribution in [3.63, 3.8) is 0 Å². The van der Waals surface area contributed by atoms with Gasteiger partial charge in [0.15, 0.2) is 0 Å². The van der Waals surface area contributed by atoms with Crippen LogP contribution in [-0.2, 0) is 19.4 Å². The number of unbranched alkanes of at least 4 members (excludes halogenated alkanes) is 1. The molecule has 5 N–H and O–H groups in total. The summed E-state index contributed by atoms with van der Waals surface area (Å²) >= 11 is 0.774. The van der Waals surface area contributed by atoms with Crippen LogP contribution in [0.25, 0.3) is 0 Å². The Morgan fingerprint density at radius 1 is 1.26 bits per heavy atom. The summed E-state index contributed by atoms with van der Waals surface area (Å²) in [6.45, 7) is 1.31. The molecule has 0 radical (unpaired) electrons. The minimum atomic E-state index is -4.77. The molecular formula is C11H21NO9S2. The Bertz CT molecular complexity index is 496. The molecule has 0 aliphatic carbocycles. The molecule has 0 aromatic rings. The monoisotopic (exact) mass is 375 g/mol. The van der Waals surface area contributed by atoms with Crippen molar-refractivity contribution in [3.05, 3.63) is 0 Å². The zero-order valence-electron chi connectivity index (χ0n) is 12.3. The normalized spacial score (nSPS) is 32.8. The largest absolute Gasteiger partial charge is 0.466 e. The fourth-order valence-corrected chi connectivity index (χ4v) is 3.18. The lowest BCUT2D eigenvalue weighted by Gasteiger charge is -2.39. The van der Waals surface area contributed by atoms with Crippen molar-refractivity contribution < 1.29 is 42.4 Å². The zero-order chi connectivity index (χ0) is 17.6. The number of hydrogen-bond acceptors (Lipinski definition) is 10. The smallest absolute Gasteiger partial charge is 0.394 e. The van der Waals surface area contributed by atoms with Gasteiger partial charge in [0.1, 0.15) is 34.9 Å². The summed E-state index contributed by atoms with van der Waals surface area (Å²) in [5.74, 6) is 0. The molecule has 1 aliphatic rings. The zero-order valence-corrected chi connectivity index (χ0v) is 14.0. The number of hydrogen-bond donors (Lipinski definition) is 5. The van der Waals surface area contributed by atoms with Crippen LogP contribution in [0.15, 0.2) is 5.16 Å². The summed E-state index contributed by atoms with van der Waals surface area (Å²) in [5, 5.41) is 41.8. The first kappa shape index (κ1) is 20.6. The van der Waals surface area contributed by atoms with Crippen LogP contribution in [0.2, 0.25) is 0 Å². The predicted octanol–water partition coefficient (Wildman–Crippen LogP) is -1.16. The second-order valence-electron chi connectivity index (χ2n) is 4.91. The number of nitrogens with zero attached hydrogens (tertiary/aromatic N) is 1. The van der Waals surface area contributed by atoms with Gasteiger partial charge in [0, 0.05) is 0 Å². The molecule has 1 rings (SSSR count). The summed E-state index contributed by atoms with van der Waals surface area (Å²) < 4.78 is 39.0. The molecule has 1 saturated heterocycles. The minimum absolute atomic E-state index is 0.105. The van der Waals surface area contributed by atoms with E-state index < -0.39 is 46.9 Å². The summed E-state index contributed by atoms with van der Waals surface area (Å²) in [6.07, 6.45) is -3.94. The van der Waals surface area contributed by atoms with Crippen molar-refractivity contribution in [3.8, 4) is 0 Å². The SMILES string of the molecule is CCCC/C(=N\OS(=O)(=O)O)S[C@H]1O[C@@H](CO)[C@H](O)[C@H](O)[C@H]1O. The van der Waals surface area contributed by atoms with Crippen LogP contribution in [0.4, 0.5) is 0 Å². The summed E-state index contributed by atoms with van der Waals surface area (Å²) in [6, 6.07) is 0. The predicted molar refractivity (Wildman–Crippen MR) is 81.0 cm³/mol. The van der Waals surface area contributed by atoms with Crippen LogP contribution in [-0.4, -0.2) is 74.9 Å². The van der Waals surface area contributed by atoms with Crippen molar-refractivity contribution in [1.29, 1.82) is 0 Å². The molecule has 23 heavy (non-hydrogen) atoms. The molecule has 0 aromatic carbocycles. The van der Waals surface area contributed by atoms with Crippen LogP contribution in [0.5, 0.6) is 0 Å². The molecule has 136 valence electrons. The third kappa shape index (κ3) is 6.51. The third-order valence-corrected chi connectivity index (χ3v) is 4.51. The minimum Gasteiger partial charge on any atom is -0.394 e. The van der Waals surface area contributed by atoms with Crippen molar-refractivity contribution in [2.75, 3.05) is 6.61 Å². The van der Waals surface area contributed by atoms with E-state index in [9.17, 15) is 23.7 Å². The van der Waals surface area contributed by atoms with Crippen LogP contribution in [0.1, 0.15) is 26.2 Å². The maximum absolute atomic E-state index is 10.6. The van der Waals surface area contributed by atoms with E-state index >= 15 is 0 Å². The van der Waals surface area contributed by atoms with Gasteiger partial charge in [-0.25, -0.2) is 4.28 Å². The van der Waals surface area contributed by atoms with E-state index in [0.717, 1.165) is 18.2 Å². The highest BCUT2D eigenvalue weighted by atomic mass is 32.3. The van der Waals surface area contributed by atoms with Crippen LogP contribution < -0.4 is 0 Å². The Hall–Kier alpha value is -0.470. The standard InChI is InChI=1S/C11H21NO9S2/c1-2-3-4-7(12-21-23(17,18)19)22-11-10(16)9(15)8(14)6(5-13)20-11/h6,8-11,13-16H,2-5H2,1H3,(H,17,18,19)/b12-7+/t6-,8-,9-,10+,11+/m0/s1. The molecule has 1 heterocycles. The van der Waals surface area contributed by atoms with E-state index in [4.69, 9.17) is 14.4 Å². The molecule has 1 aliphatic heterocycles. The molecular weight excluding hydrogens is 354 g/mol. The van der Waals surface area contributed by atoms with Crippen LogP contribution in [0.3, 0.4) is 0 Å². The summed E-state index contributed by atoms with van der Waals surface area (Å²) in [5.41, 5.74) is -1.11. The van der Waals surface area contributed by atoms with Gasteiger partial charge in [-0.15, -0.1) is 0 Å². The molecule has 5 atom stereocenters. The van der Waals surface area contributed by atoms with Gasteiger partial charge >= 0.3 is 10.4 Å². The first-order chi connectivity index (χ1) is 10.7. The molecule has 0 saturated carbocycles. The van der Waals surface area contributed by atoms with E-state index in [1.165, 1.54) is 0 Å². The second-order valence-corrected chi connectivity index (χ2v) is 7.08. The van der Waals surface area contributed by atoms with Gasteiger partial charge in [0.2, 0.25) is 0 Å². The number of rotatable bonds is 7. The maximum Gasteiger partial charge on any atom is 0.466 e. The first-order valence-electron chi connectivity index (χ1n) is 6.89. The lowest BCUT2D eigenvalue weighted by Crippen LogP contribution is -2.57. The van der Waals surface area contributed by atoms with Gasteiger partial charge in [-0.05, 0) is 12.8 Å². The summed E-state index contributed by atoms with van der Waals surface area (Å²) in [4.78, 5) is 0. The van der Waals surface area contributed by atoms with E-state index in [0.29, 0.717) is 6.42 Å². The quantitative estimate of drug-likeness (QED) is 0.158. The van der Waals surface area contributed by atoms with Crippen molar-refractivity contribution in [2.45, 2.75) is 56.0 Å². The third-order valence-electron chi connectivity index (χ3n) is 3.08. The Labute approximate surface area is 138 Å². The number of aliphatic hydroxyl groups excluding tert-OH is 4. The lowest BCUT2D eigenvalue weighted by molar-refractivity contribution is -0.205. The molecule has 12 heteroatoms. The lowest BCUT2D eigenvalue weighted by atomic mass is 10.0. The Morgan fingerprint density at radius 2 is 1.91 bits per heavy atom. The highest BCUT2D eigenvalue weighted by Gasteiger charge is 2.44. The van der Waals surface area contributed by atoms with E-state index in [-0.39, 0.29) is 11.5 Å². The average Bonchev–Trinajstić information content (AvgIpc) is 2.49. The van der Waals surface area contributed by atoms with Crippen molar-refractivity contribution in [2.24, 2.45) is 5.16 Å². The van der Waals surface area contributed by atoms with Gasteiger partial charge in [0.25, 0.3) is 0 Å². The molecule has 0 amide bonds. The molecule has 1 fully saturated rings.